The third-order valence-corrected chi connectivity index (χ3v) is 6.81. The zero-order chi connectivity index (χ0) is 24.2. The first-order chi connectivity index (χ1) is 16.2. The predicted molar refractivity (Wildman–Crippen MR) is 147 cm³/mol. The van der Waals surface area contributed by atoms with E-state index in [1.165, 1.54) is 141 Å². The van der Waals surface area contributed by atoms with Crippen molar-refractivity contribution in [1.29, 1.82) is 0 Å². The summed E-state index contributed by atoms with van der Waals surface area (Å²) in [7, 11) is 0. The molecule has 0 aromatic carbocycles. The molecule has 0 heterocycles. The highest BCUT2D eigenvalue weighted by Gasteiger charge is 2.05. The summed E-state index contributed by atoms with van der Waals surface area (Å²) < 4.78 is 5.45. The molecule has 0 saturated heterocycles. The maximum absolute atomic E-state index is 12.1. The van der Waals surface area contributed by atoms with Crippen LogP contribution in [-0.2, 0) is 9.53 Å². The average molecular weight is 465 g/mol. The van der Waals surface area contributed by atoms with Crippen LogP contribution in [0.4, 0.5) is 0 Å². The van der Waals surface area contributed by atoms with Crippen LogP contribution in [0.2, 0.25) is 0 Å². The van der Waals surface area contributed by atoms with Crippen molar-refractivity contribution >= 4 is 5.97 Å². The molecule has 0 aromatic heterocycles. The van der Waals surface area contributed by atoms with Gasteiger partial charge in [0.15, 0.2) is 0 Å². The summed E-state index contributed by atoms with van der Waals surface area (Å²) in [5.74, 6) is -0.110. The maximum Gasteiger partial charge on any atom is 0.333 e. The Kier molecular flexibility index (Phi) is 26.8. The fourth-order valence-electron chi connectivity index (χ4n) is 4.43. The number of ether oxygens (including phenoxy) is 1. The standard InChI is InChI=1S/C31H60O2/c1-4-6-8-10-12-14-16-17-19-21-23-25-27-29-33-31(32)30(3)28-26-24-22-20-18-15-13-11-9-7-5-2/h28H,4-27,29H2,1-3H3/b30-28+. The van der Waals surface area contributed by atoms with E-state index in [9.17, 15) is 4.79 Å². The molecule has 0 spiro atoms. The lowest BCUT2D eigenvalue weighted by atomic mass is 10.0. The number of unbranched alkanes of at least 4 members (excludes halogenated alkanes) is 22. The van der Waals surface area contributed by atoms with Gasteiger partial charge < -0.3 is 4.74 Å². The molecule has 0 aromatic rings. The van der Waals surface area contributed by atoms with E-state index in [-0.39, 0.29) is 5.97 Å². The van der Waals surface area contributed by atoms with Gasteiger partial charge >= 0.3 is 5.97 Å². The Bertz CT molecular complexity index is 427. The maximum atomic E-state index is 12.1. The molecular weight excluding hydrogens is 404 g/mol. The Hall–Kier alpha value is -0.790. The number of esters is 1. The van der Waals surface area contributed by atoms with Crippen LogP contribution in [0.5, 0.6) is 0 Å². The van der Waals surface area contributed by atoms with Crippen molar-refractivity contribution < 1.29 is 9.53 Å². The number of allylic oxidation sites excluding steroid dienone is 1. The molecule has 0 radical (unpaired) electrons. The molecule has 196 valence electrons. The van der Waals surface area contributed by atoms with Crippen molar-refractivity contribution in [2.75, 3.05) is 6.61 Å². The van der Waals surface area contributed by atoms with Crippen molar-refractivity contribution in [3.63, 3.8) is 0 Å². The first-order valence-electron chi connectivity index (χ1n) is 15.1. The summed E-state index contributed by atoms with van der Waals surface area (Å²) in [6.07, 6.45) is 34.1. The number of hydrogen-bond acceptors (Lipinski definition) is 2. The molecule has 0 aliphatic carbocycles. The first kappa shape index (κ1) is 32.2. The van der Waals surface area contributed by atoms with Crippen LogP contribution in [0.3, 0.4) is 0 Å². The van der Waals surface area contributed by atoms with Gasteiger partial charge in [-0.15, -0.1) is 0 Å². The van der Waals surface area contributed by atoms with Crippen LogP contribution in [0, 0.1) is 0 Å². The molecule has 0 rings (SSSR count). The Labute approximate surface area is 208 Å². The molecule has 0 bridgehead atoms. The van der Waals surface area contributed by atoms with Crippen LogP contribution in [0.1, 0.15) is 175 Å². The quantitative estimate of drug-likeness (QED) is 0.0722. The van der Waals surface area contributed by atoms with Gasteiger partial charge in [-0.25, -0.2) is 4.79 Å². The normalized spacial score (nSPS) is 11.8. The van der Waals surface area contributed by atoms with Crippen LogP contribution < -0.4 is 0 Å². The Morgan fingerprint density at radius 1 is 0.515 bits per heavy atom. The summed E-state index contributed by atoms with van der Waals surface area (Å²) >= 11 is 0. The lowest BCUT2D eigenvalue weighted by Gasteiger charge is -2.06. The van der Waals surface area contributed by atoms with Gasteiger partial charge in [-0.1, -0.05) is 155 Å². The third kappa shape index (κ3) is 25.7. The zero-order valence-corrected chi connectivity index (χ0v) is 23.1. The smallest absolute Gasteiger partial charge is 0.333 e. The van der Waals surface area contributed by atoms with E-state index in [1.54, 1.807) is 0 Å². The molecule has 0 aliphatic rings. The van der Waals surface area contributed by atoms with E-state index in [4.69, 9.17) is 4.74 Å². The molecular formula is C31H60O2. The number of rotatable bonds is 26. The van der Waals surface area contributed by atoms with E-state index in [0.717, 1.165) is 18.4 Å². The van der Waals surface area contributed by atoms with E-state index >= 15 is 0 Å². The van der Waals surface area contributed by atoms with E-state index < -0.39 is 0 Å². The summed E-state index contributed by atoms with van der Waals surface area (Å²) in [5, 5.41) is 0. The lowest BCUT2D eigenvalue weighted by Crippen LogP contribution is -2.07. The number of carbonyl (C=O) groups excluding carboxylic acids is 1. The minimum absolute atomic E-state index is 0.110. The van der Waals surface area contributed by atoms with Crippen LogP contribution in [0.15, 0.2) is 11.6 Å². The van der Waals surface area contributed by atoms with Gasteiger partial charge in [-0.2, -0.15) is 0 Å². The van der Waals surface area contributed by atoms with Crippen molar-refractivity contribution in [2.45, 2.75) is 175 Å². The van der Waals surface area contributed by atoms with Crippen molar-refractivity contribution in [3.8, 4) is 0 Å². The van der Waals surface area contributed by atoms with Crippen molar-refractivity contribution in [3.05, 3.63) is 11.6 Å². The molecule has 33 heavy (non-hydrogen) atoms. The fourth-order valence-corrected chi connectivity index (χ4v) is 4.43. The van der Waals surface area contributed by atoms with E-state index in [1.807, 2.05) is 6.92 Å². The van der Waals surface area contributed by atoms with Gasteiger partial charge in [0.05, 0.1) is 6.61 Å². The highest BCUT2D eigenvalue weighted by molar-refractivity contribution is 5.87. The third-order valence-electron chi connectivity index (χ3n) is 6.81. The minimum Gasteiger partial charge on any atom is -0.462 e. The molecule has 0 amide bonds. The van der Waals surface area contributed by atoms with Crippen LogP contribution in [-0.4, -0.2) is 12.6 Å². The van der Waals surface area contributed by atoms with Gasteiger partial charge in [0.2, 0.25) is 0 Å². The fraction of sp³-hybridized carbons (Fsp3) is 0.903. The SMILES string of the molecule is CCCCCCCCCCCC/C=C(\C)C(=O)OCCCCCCCCCCCCCCC. The second-order valence-corrected chi connectivity index (χ2v) is 10.2. The molecule has 0 N–H and O–H groups in total. The molecule has 2 nitrogen and oxygen atoms in total. The van der Waals surface area contributed by atoms with Crippen LogP contribution in [0.25, 0.3) is 0 Å². The summed E-state index contributed by atoms with van der Waals surface area (Å²) in [6, 6.07) is 0. The second-order valence-electron chi connectivity index (χ2n) is 10.2. The average Bonchev–Trinajstić information content (AvgIpc) is 2.82. The number of hydrogen-bond donors (Lipinski definition) is 0. The molecule has 0 unspecified atom stereocenters. The zero-order valence-electron chi connectivity index (χ0n) is 23.1. The van der Waals surface area contributed by atoms with E-state index in [2.05, 4.69) is 19.9 Å². The minimum atomic E-state index is -0.110. The Morgan fingerprint density at radius 3 is 1.24 bits per heavy atom. The Balaban J connectivity index is 3.37. The van der Waals surface area contributed by atoms with Crippen molar-refractivity contribution in [1.82, 2.24) is 0 Å². The topological polar surface area (TPSA) is 26.3 Å². The Morgan fingerprint density at radius 2 is 0.848 bits per heavy atom. The molecule has 0 aliphatic heterocycles. The molecule has 0 atom stereocenters. The lowest BCUT2D eigenvalue weighted by molar-refractivity contribution is -0.139. The highest BCUT2D eigenvalue weighted by Crippen LogP contribution is 2.14. The number of carbonyl (C=O) groups is 1. The summed E-state index contributed by atoms with van der Waals surface area (Å²) in [5.41, 5.74) is 0.792. The van der Waals surface area contributed by atoms with Gasteiger partial charge in [0, 0.05) is 5.57 Å². The summed E-state index contributed by atoms with van der Waals surface area (Å²) in [4.78, 5) is 12.1. The van der Waals surface area contributed by atoms with Gasteiger partial charge in [0.25, 0.3) is 0 Å². The van der Waals surface area contributed by atoms with Crippen LogP contribution >= 0.6 is 0 Å². The predicted octanol–water partition coefficient (Wildman–Crippen LogP) is 10.9. The van der Waals surface area contributed by atoms with Crippen molar-refractivity contribution in [2.24, 2.45) is 0 Å². The highest BCUT2D eigenvalue weighted by atomic mass is 16.5. The second kappa shape index (κ2) is 27.5. The monoisotopic (exact) mass is 464 g/mol. The van der Waals surface area contributed by atoms with Gasteiger partial charge in [0.1, 0.15) is 0 Å². The molecule has 0 fully saturated rings. The van der Waals surface area contributed by atoms with E-state index in [0.29, 0.717) is 6.61 Å². The summed E-state index contributed by atoms with van der Waals surface area (Å²) in [6.45, 7) is 7.04. The molecule has 0 saturated carbocycles. The largest absolute Gasteiger partial charge is 0.462 e. The van der Waals surface area contributed by atoms with Gasteiger partial charge in [-0.3, -0.25) is 0 Å². The molecule has 2 heteroatoms. The van der Waals surface area contributed by atoms with Gasteiger partial charge in [-0.05, 0) is 26.2 Å². The first-order valence-corrected chi connectivity index (χ1v) is 15.1.